The van der Waals surface area contributed by atoms with E-state index in [1.165, 1.54) is 23.1 Å². The van der Waals surface area contributed by atoms with E-state index in [1.807, 2.05) is 24.3 Å². The van der Waals surface area contributed by atoms with Crippen LogP contribution < -0.4 is 10.9 Å². The fraction of sp³-hybridized carbons (Fsp3) is 0.300. The summed E-state index contributed by atoms with van der Waals surface area (Å²) in [4.78, 5) is 34.4. The van der Waals surface area contributed by atoms with Crippen molar-refractivity contribution >= 4 is 56.2 Å². The van der Waals surface area contributed by atoms with E-state index in [4.69, 9.17) is 14.1 Å². The number of carbonyl (C=O) groups is 1. The van der Waals surface area contributed by atoms with Crippen LogP contribution in [0.2, 0.25) is 0 Å². The van der Waals surface area contributed by atoms with Gasteiger partial charge in [-0.2, -0.15) is 0 Å². The zero-order valence-corrected chi connectivity index (χ0v) is 17.5. The number of hydrogen-bond donors (Lipinski definition) is 1. The molecular formula is C20H18N4O4S2. The van der Waals surface area contributed by atoms with Gasteiger partial charge in [-0.1, -0.05) is 23.9 Å². The van der Waals surface area contributed by atoms with Crippen LogP contribution in [0.1, 0.15) is 12.8 Å². The largest absolute Gasteiger partial charge is 0.448 e. The average molecular weight is 443 g/mol. The number of hydrogen-bond acceptors (Lipinski definition) is 8. The lowest BCUT2D eigenvalue weighted by Gasteiger charge is -2.15. The fourth-order valence-electron chi connectivity index (χ4n) is 3.49. The molecule has 1 atom stereocenters. The van der Waals surface area contributed by atoms with Crippen LogP contribution in [-0.2, 0) is 16.1 Å². The average Bonchev–Trinajstić information content (AvgIpc) is 3.50. The first-order chi connectivity index (χ1) is 14.7. The number of amides is 1. The maximum Gasteiger partial charge on any atom is 0.297 e. The second-order valence-corrected chi connectivity index (χ2v) is 8.73. The van der Waals surface area contributed by atoms with Gasteiger partial charge in [-0.15, -0.1) is 11.3 Å². The highest BCUT2D eigenvalue weighted by molar-refractivity contribution is 7.99. The molecule has 1 N–H and O–H groups in total. The van der Waals surface area contributed by atoms with E-state index in [0.29, 0.717) is 34.5 Å². The third-order valence-corrected chi connectivity index (χ3v) is 6.53. The van der Waals surface area contributed by atoms with Crippen molar-refractivity contribution in [3.63, 3.8) is 0 Å². The summed E-state index contributed by atoms with van der Waals surface area (Å²) in [7, 11) is 0. The summed E-state index contributed by atoms with van der Waals surface area (Å²) in [6.07, 6.45) is 3.44. The van der Waals surface area contributed by atoms with E-state index >= 15 is 0 Å². The quantitative estimate of drug-likeness (QED) is 0.360. The molecule has 0 aliphatic carbocycles. The Balaban J connectivity index is 1.50. The Bertz CT molecular complexity index is 1260. The third-order valence-electron chi connectivity index (χ3n) is 4.87. The molecule has 4 aromatic rings. The second-order valence-electron chi connectivity index (χ2n) is 6.90. The molecule has 0 spiro atoms. The summed E-state index contributed by atoms with van der Waals surface area (Å²) < 4.78 is 13.1. The summed E-state index contributed by atoms with van der Waals surface area (Å²) >= 11 is 2.57. The zero-order chi connectivity index (χ0) is 20.5. The van der Waals surface area contributed by atoms with Crippen molar-refractivity contribution in [2.75, 3.05) is 17.7 Å². The van der Waals surface area contributed by atoms with Gasteiger partial charge in [0.1, 0.15) is 11.1 Å². The normalized spacial score (nSPS) is 16.5. The van der Waals surface area contributed by atoms with Crippen LogP contribution in [0.4, 0.5) is 5.13 Å². The van der Waals surface area contributed by atoms with Crippen LogP contribution in [0.3, 0.4) is 0 Å². The van der Waals surface area contributed by atoms with Crippen molar-refractivity contribution in [2.24, 2.45) is 0 Å². The minimum absolute atomic E-state index is 0.0465. The van der Waals surface area contributed by atoms with Crippen molar-refractivity contribution in [3.05, 3.63) is 46.2 Å². The highest BCUT2D eigenvalue weighted by Gasteiger charge is 2.23. The maximum atomic E-state index is 13.3. The number of fused-ring (bicyclic) bond motifs is 3. The van der Waals surface area contributed by atoms with Crippen LogP contribution in [0, 0.1) is 0 Å². The van der Waals surface area contributed by atoms with Gasteiger partial charge < -0.3 is 14.5 Å². The van der Waals surface area contributed by atoms with Gasteiger partial charge in [-0.05, 0) is 25.0 Å². The lowest BCUT2D eigenvalue weighted by molar-refractivity contribution is -0.113. The third kappa shape index (κ3) is 3.73. The minimum atomic E-state index is -0.255. The zero-order valence-electron chi connectivity index (χ0n) is 15.9. The standard InChI is InChI=1S/C20H18N4O4S2/c25-15(22-19-21-7-9-29-19)11-30-20-23-16-13-5-1-2-6-14(13)28-17(16)18(26)24(20)10-12-4-3-8-27-12/h1-2,5-7,9,12H,3-4,8,10-11H2,(H,21,22,25). The maximum absolute atomic E-state index is 13.3. The second kappa shape index (κ2) is 8.21. The molecule has 0 bridgehead atoms. The number of nitrogens with zero attached hydrogens (tertiary/aromatic N) is 3. The molecule has 1 saturated heterocycles. The smallest absolute Gasteiger partial charge is 0.297 e. The van der Waals surface area contributed by atoms with Crippen LogP contribution >= 0.6 is 23.1 Å². The first kappa shape index (κ1) is 19.3. The molecule has 4 heterocycles. The van der Waals surface area contributed by atoms with E-state index < -0.39 is 0 Å². The number of nitrogens with one attached hydrogen (secondary N) is 1. The molecule has 8 nitrogen and oxygen atoms in total. The number of aromatic nitrogens is 3. The number of carbonyl (C=O) groups excluding carboxylic acids is 1. The van der Waals surface area contributed by atoms with Crippen LogP contribution in [0.15, 0.2) is 50.2 Å². The van der Waals surface area contributed by atoms with E-state index in [0.717, 1.165) is 18.2 Å². The molecule has 1 aromatic carbocycles. The monoisotopic (exact) mass is 442 g/mol. The highest BCUT2D eigenvalue weighted by atomic mass is 32.2. The molecule has 5 rings (SSSR count). The van der Waals surface area contributed by atoms with Gasteiger partial charge in [-0.25, -0.2) is 9.97 Å². The molecule has 3 aromatic heterocycles. The molecule has 1 amide bonds. The van der Waals surface area contributed by atoms with E-state index in [-0.39, 0.29) is 28.9 Å². The molecule has 0 saturated carbocycles. The van der Waals surface area contributed by atoms with Gasteiger partial charge in [0, 0.05) is 23.6 Å². The molecule has 0 radical (unpaired) electrons. The molecule has 1 aliphatic heterocycles. The van der Waals surface area contributed by atoms with Crippen LogP contribution in [-0.4, -0.2) is 38.9 Å². The number of furan rings is 1. The van der Waals surface area contributed by atoms with Crippen molar-refractivity contribution in [3.8, 4) is 0 Å². The highest BCUT2D eigenvalue weighted by Crippen LogP contribution is 2.28. The van der Waals surface area contributed by atoms with Gasteiger partial charge in [-0.3, -0.25) is 14.2 Å². The number of anilines is 1. The topological polar surface area (TPSA) is 99.2 Å². The Labute approximate surface area is 179 Å². The van der Waals surface area contributed by atoms with Gasteiger partial charge in [0.15, 0.2) is 10.3 Å². The fourth-order valence-corrected chi connectivity index (χ4v) is 4.83. The van der Waals surface area contributed by atoms with E-state index in [2.05, 4.69) is 10.3 Å². The number of para-hydroxylation sites is 1. The van der Waals surface area contributed by atoms with Crippen molar-refractivity contribution in [1.82, 2.24) is 14.5 Å². The van der Waals surface area contributed by atoms with E-state index in [9.17, 15) is 9.59 Å². The molecule has 10 heteroatoms. The van der Waals surface area contributed by atoms with Gasteiger partial charge in [0.25, 0.3) is 5.56 Å². The van der Waals surface area contributed by atoms with Crippen molar-refractivity contribution in [1.29, 1.82) is 0 Å². The number of rotatable bonds is 6. The Morgan fingerprint density at radius 3 is 3.07 bits per heavy atom. The van der Waals surface area contributed by atoms with Gasteiger partial charge >= 0.3 is 0 Å². The number of benzene rings is 1. The SMILES string of the molecule is O=C(CSc1nc2c(oc3ccccc32)c(=O)n1CC1CCCO1)Nc1nccs1. The lowest BCUT2D eigenvalue weighted by Crippen LogP contribution is -2.29. The molecule has 154 valence electrons. The molecule has 30 heavy (non-hydrogen) atoms. The van der Waals surface area contributed by atoms with Crippen LogP contribution in [0.5, 0.6) is 0 Å². The van der Waals surface area contributed by atoms with E-state index in [1.54, 1.807) is 16.1 Å². The predicted octanol–water partition coefficient (Wildman–Crippen LogP) is 3.51. The van der Waals surface area contributed by atoms with Crippen molar-refractivity contribution in [2.45, 2.75) is 30.6 Å². The molecule has 1 aliphatic rings. The number of thiazole rings is 1. The Kier molecular flexibility index (Phi) is 5.28. The van der Waals surface area contributed by atoms with Gasteiger partial charge in [0.2, 0.25) is 11.5 Å². The summed E-state index contributed by atoms with van der Waals surface area (Å²) in [5.41, 5.74) is 1.10. The lowest BCUT2D eigenvalue weighted by atomic mass is 10.2. The summed E-state index contributed by atoms with van der Waals surface area (Å²) in [5, 5.41) is 6.34. The molecule has 1 fully saturated rings. The summed E-state index contributed by atoms with van der Waals surface area (Å²) in [6.45, 7) is 1.08. The Morgan fingerprint density at radius 1 is 1.37 bits per heavy atom. The number of thioether (sulfide) groups is 1. The van der Waals surface area contributed by atoms with Gasteiger partial charge in [0.05, 0.1) is 18.4 Å². The minimum Gasteiger partial charge on any atom is -0.448 e. The van der Waals surface area contributed by atoms with Crippen LogP contribution in [0.25, 0.3) is 22.1 Å². The first-order valence-corrected chi connectivity index (χ1v) is 11.4. The molecule has 1 unspecified atom stereocenters. The Morgan fingerprint density at radius 2 is 2.27 bits per heavy atom. The predicted molar refractivity (Wildman–Crippen MR) is 116 cm³/mol. The molecular weight excluding hydrogens is 424 g/mol. The van der Waals surface area contributed by atoms with Crippen molar-refractivity contribution < 1.29 is 13.9 Å². The Hall–Kier alpha value is -2.69. The number of ether oxygens (including phenoxy) is 1. The first-order valence-electron chi connectivity index (χ1n) is 9.55. The summed E-state index contributed by atoms with van der Waals surface area (Å²) in [5.74, 6) is -0.0937. The summed E-state index contributed by atoms with van der Waals surface area (Å²) in [6, 6.07) is 7.43.